The maximum absolute atomic E-state index is 12.1. The Morgan fingerprint density at radius 2 is 2.14 bits per heavy atom. The molecule has 1 aliphatic rings. The van der Waals surface area contributed by atoms with Crippen molar-refractivity contribution in [3.63, 3.8) is 0 Å². The van der Waals surface area contributed by atoms with Crippen LogP contribution in [-0.2, 0) is 16.0 Å². The summed E-state index contributed by atoms with van der Waals surface area (Å²) in [6, 6.07) is 7.19. The van der Waals surface area contributed by atoms with Crippen LogP contribution >= 0.6 is 12.4 Å². The van der Waals surface area contributed by atoms with Crippen LogP contribution in [0.3, 0.4) is 0 Å². The summed E-state index contributed by atoms with van der Waals surface area (Å²) in [5.74, 6) is -0.994. The van der Waals surface area contributed by atoms with Gasteiger partial charge in [0.2, 0.25) is 5.91 Å². The molecule has 1 aliphatic heterocycles. The summed E-state index contributed by atoms with van der Waals surface area (Å²) >= 11 is 0. The molecule has 0 aromatic heterocycles. The van der Waals surface area contributed by atoms with Gasteiger partial charge in [-0.05, 0) is 43.5 Å². The lowest BCUT2D eigenvalue weighted by molar-refractivity contribution is -0.145. The molecule has 122 valence electrons. The van der Waals surface area contributed by atoms with Crippen molar-refractivity contribution < 1.29 is 14.7 Å². The lowest BCUT2D eigenvalue weighted by Gasteiger charge is -2.32. The minimum Gasteiger partial charge on any atom is -0.480 e. The number of carboxylic acid groups (broad SMARTS) is 1. The first kappa shape index (κ1) is 18.5. The highest BCUT2D eigenvalue weighted by atomic mass is 35.5. The summed E-state index contributed by atoms with van der Waals surface area (Å²) in [4.78, 5) is 25.1. The predicted molar refractivity (Wildman–Crippen MR) is 88.5 cm³/mol. The number of nitrogens with one attached hydrogen (secondary N) is 1. The highest BCUT2D eigenvalue weighted by molar-refractivity contribution is 5.92. The van der Waals surface area contributed by atoms with Gasteiger partial charge in [-0.1, -0.05) is 25.5 Å². The Morgan fingerprint density at radius 3 is 2.82 bits per heavy atom. The molecule has 0 bridgehead atoms. The van der Waals surface area contributed by atoms with Gasteiger partial charge in [0.1, 0.15) is 6.04 Å². The molecule has 1 amide bonds. The summed E-state index contributed by atoms with van der Waals surface area (Å²) in [6.45, 7) is 2.86. The molecule has 0 radical (unpaired) electrons. The van der Waals surface area contributed by atoms with Gasteiger partial charge in [-0.3, -0.25) is 14.5 Å². The van der Waals surface area contributed by atoms with Crippen molar-refractivity contribution in [1.29, 1.82) is 0 Å². The number of carbonyl (C=O) groups excluding carboxylic acids is 1. The molecule has 1 aromatic carbocycles. The summed E-state index contributed by atoms with van der Waals surface area (Å²) in [6.07, 6.45) is 3.39. The van der Waals surface area contributed by atoms with Crippen LogP contribution in [0.15, 0.2) is 24.3 Å². The highest BCUT2D eigenvalue weighted by Gasteiger charge is 2.29. The molecule has 1 aromatic rings. The number of benzene rings is 1. The molecule has 0 spiro atoms. The van der Waals surface area contributed by atoms with Gasteiger partial charge in [0.15, 0.2) is 0 Å². The fraction of sp³-hybridized carbons (Fsp3) is 0.500. The monoisotopic (exact) mass is 326 g/mol. The number of halogens is 1. The molecule has 0 saturated carbocycles. The fourth-order valence-electron chi connectivity index (χ4n) is 2.71. The van der Waals surface area contributed by atoms with Crippen molar-refractivity contribution in [3.05, 3.63) is 29.8 Å². The number of amides is 1. The molecule has 2 N–H and O–H groups in total. The number of piperidine rings is 1. The zero-order valence-corrected chi connectivity index (χ0v) is 13.6. The van der Waals surface area contributed by atoms with Crippen molar-refractivity contribution in [1.82, 2.24) is 4.90 Å². The maximum atomic E-state index is 12.1. The maximum Gasteiger partial charge on any atom is 0.320 e. The number of anilines is 1. The number of aryl methyl sites for hydroxylation is 1. The second-order valence-corrected chi connectivity index (χ2v) is 5.42. The second kappa shape index (κ2) is 8.76. The fourth-order valence-corrected chi connectivity index (χ4v) is 2.71. The van der Waals surface area contributed by atoms with Crippen LogP contribution in [0.25, 0.3) is 0 Å². The van der Waals surface area contributed by atoms with E-state index in [9.17, 15) is 14.7 Å². The van der Waals surface area contributed by atoms with E-state index < -0.39 is 12.0 Å². The molecule has 6 heteroatoms. The van der Waals surface area contributed by atoms with Crippen molar-refractivity contribution in [2.75, 3.05) is 18.4 Å². The molecule has 22 heavy (non-hydrogen) atoms. The van der Waals surface area contributed by atoms with Gasteiger partial charge in [0, 0.05) is 5.69 Å². The van der Waals surface area contributed by atoms with E-state index in [0.29, 0.717) is 13.0 Å². The first-order valence-electron chi connectivity index (χ1n) is 7.46. The van der Waals surface area contributed by atoms with Crippen LogP contribution in [0.1, 0.15) is 31.7 Å². The number of nitrogens with zero attached hydrogens (tertiary/aromatic N) is 1. The average Bonchev–Trinajstić information content (AvgIpc) is 2.47. The highest BCUT2D eigenvalue weighted by Crippen LogP contribution is 2.17. The lowest BCUT2D eigenvalue weighted by Crippen LogP contribution is -2.47. The van der Waals surface area contributed by atoms with Crippen LogP contribution in [-0.4, -0.2) is 41.0 Å². The molecule has 2 rings (SSSR count). The van der Waals surface area contributed by atoms with E-state index in [-0.39, 0.29) is 24.9 Å². The van der Waals surface area contributed by atoms with Gasteiger partial charge in [0.25, 0.3) is 0 Å². The number of carbonyl (C=O) groups is 2. The van der Waals surface area contributed by atoms with E-state index in [1.54, 1.807) is 4.90 Å². The topological polar surface area (TPSA) is 69.6 Å². The standard InChI is InChI=1S/C16H22N2O3.ClH/c1-2-12-6-5-7-13(10-12)17-15(19)11-18-9-4-3-8-14(18)16(20)21;/h5-7,10,14H,2-4,8-9,11H2,1H3,(H,17,19)(H,20,21);1H. The van der Waals surface area contributed by atoms with Crippen LogP contribution in [0.4, 0.5) is 5.69 Å². The van der Waals surface area contributed by atoms with E-state index >= 15 is 0 Å². The number of aliphatic carboxylic acids is 1. The Labute approximate surface area is 137 Å². The van der Waals surface area contributed by atoms with Crippen LogP contribution in [0.2, 0.25) is 0 Å². The summed E-state index contributed by atoms with van der Waals surface area (Å²) in [5.41, 5.74) is 1.93. The van der Waals surface area contributed by atoms with Gasteiger partial charge in [-0.2, -0.15) is 0 Å². The molecule has 1 fully saturated rings. The van der Waals surface area contributed by atoms with Crippen molar-refractivity contribution in [2.24, 2.45) is 0 Å². The molecule has 5 nitrogen and oxygen atoms in total. The minimum absolute atomic E-state index is 0. The zero-order chi connectivity index (χ0) is 15.2. The number of rotatable bonds is 5. The average molecular weight is 327 g/mol. The van der Waals surface area contributed by atoms with Gasteiger partial charge in [0.05, 0.1) is 6.54 Å². The van der Waals surface area contributed by atoms with E-state index in [0.717, 1.165) is 30.5 Å². The van der Waals surface area contributed by atoms with E-state index in [2.05, 4.69) is 12.2 Å². The molecule has 1 saturated heterocycles. The van der Waals surface area contributed by atoms with Crippen molar-refractivity contribution in [3.8, 4) is 0 Å². The van der Waals surface area contributed by atoms with Gasteiger partial charge in [-0.15, -0.1) is 12.4 Å². The van der Waals surface area contributed by atoms with Crippen LogP contribution in [0, 0.1) is 0 Å². The molecule has 1 unspecified atom stereocenters. The number of carboxylic acids is 1. The Bertz CT molecular complexity index is 522. The van der Waals surface area contributed by atoms with Crippen molar-refractivity contribution >= 4 is 30.0 Å². The predicted octanol–water partition coefficient (Wildman–Crippen LogP) is 2.55. The van der Waals surface area contributed by atoms with E-state index in [4.69, 9.17) is 0 Å². The Hall–Kier alpha value is -1.59. The van der Waals surface area contributed by atoms with Gasteiger partial charge >= 0.3 is 5.97 Å². The number of likely N-dealkylation sites (tertiary alicyclic amines) is 1. The van der Waals surface area contributed by atoms with Crippen molar-refractivity contribution in [2.45, 2.75) is 38.6 Å². The Kier molecular flexibility index (Phi) is 7.35. The third kappa shape index (κ3) is 5.00. The quantitative estimate of drug-likeness (QED) is 0.872. The Morgan fingerprint density at radius 1 is 1.36 bits per heavy atom. The molecule has 1 heterocycles. The summed E-state index contributed by atoms with van der Waals surface area (Å²) < 4.78 is 0. The SMILES string of the molecule is CCc1cccc(NC(=O)CN2CCCCC2C(=O)O)c1.Cl. The van der Waals surface area contributed by atoms with Gasteiger partial charge in [-0.25, -0.2) is 0 Å². The molecular formula is C16H23ClN2O3. The van der Waals surface area contributed by atoms with Gasteiger partial charge < -0.3 is 10.4 Å². The zero-order valence-electron chi connectivity index (χ0n) is 12.7. The van der Waals surface area contributed by atoms with Crippen LogP contribution < -0.4 is 5.32 Å². The number of hydrogen-bond acceptors (Lipinski definition) is 3. The molecule has 1 atom stereocenters. The van der Waals surface area contributed by atoms with E-state index in [1.165, 1.54) is 0 Å². The molecular weight excluding hydrogens is 304 g/mol. The Balaban J connectivity index is 0.00000242. The number of hydrogen-bond donors (Lipinski definition) is 2. The lowest BCUT2D eigenvalue weighted by atomic mass is 10.0. The third-order valence-corrected chi connectivity index (χ3v) is 3.86. The van der Waals surface area contributed by atoms with E-state index in [1.807, 2.05) is 24.3 Å². The first-order valence-corrected chi connectivity index (χ1v) is 7.46. The first-order chi connectivity index (χ1) is 10.1. The minimum atomic E-state index is -0.838. The normalized spacial score (nSPS) is 18.3. The molecule has 0 aliphatic carbocycles. The second-order valence-electron chi connectivity index (χ2n) is 5.42. The largest absolute Gasteiger partial charge is 0.480 e. The third-order valence-electron chi connectivity index (χ3n) is 3.86. The summed E-state index contributed by atoms with van der Waals surface area (Å²) in [5, 5.41) is 12.1. The summed E-state index contributed by atoms with van der Waals surface area (Å²) in [7, 11) is 0. The van der Waals surface area contributed by atoms with Crippen LogP contribution in [0.5, 0.6) is 0 Å². The smallest absolute Gasteiger partial charge is 0.320 e.